The zero-order chi connectivity index (χ0) is 21.4. The second-order valence-electron chi connectivity index (χ2n) is 6.53. The topological polar surface area (TPSA) is 92.6 Å². The molecule has 29 heavy (non-hydrogen) atoms. The van der Waals surface area contributed by atoms with Crippen molar-refractivity contribution in [3.8, 4) is 0 Å². The Labute approximate surface area is 174 Å². The lowest BCUT2D eigenvalue weighted by Gasteiger charge is -2.30. The number of likely N-dealkylation sites (N-methyl/N-ethyl adjacent to an activating group) is 1. The van der Waals surface area contributed by atoms with Gasteiger partial charge in [0, 0.05) is 29.7 Å². The fourth-order valence-electron chi connectivity index (χ4n) is 3.10. The van der Waals surface area contributed by atoms with Crippen LogP contribution in [0, 0.1) is 10.1 Å². The average molecular weight is 418 g/mol. The molecular formula is C21H24ClN3O4. The first kappa shape index (κ1) is 22.4. The number of hydrogen-bond donors (Lipinski definition) is 1. The van der Waals surface area contributed by atoms with Crippen LogP contribution in [0.15, 0.2) is 48.5 Å². The van der Waals surface area contributed by atoms with Crippen molar-refractivity contribution in [3.05, 3.63) is 74.8 Å². The van der Waals surface area contributed by atoms with E-state index >= 15 is 0 Å². The minimum Gasteiger partial charge on any atom is -0.355 e. The van der Waals surface area contributed by atoms with Crippen molar-refractivity contribution < 1.29 is 14.5 Å². The maximum absolute atomic E-state index is 13.2. The van der Waals surface area contributed by atoms with Gasteiger partial charge in [0.15, 0.2) is 0 Å². The lowest BCUT2D eigenvalue weighted by Crippen LogP contribution is -2.49. The number of carbonyl (C=O) groups excluding carboxylic acids is 2. The molecule has 7 nitrogen and oxygen atoms in total. The maximum atomic E-state index is 13.2. The third kappa shape index (κ3) is 6.02. The van der Waals surface area contributed by atoms with Gasteiger partial charge in [-0.05, 0) is 31.0 Å². The Morgan fingerprint density at radius 3 is 2.38 bits per heavy atom. The molecule has 0 aromatic heterocycles. The molecule has 1 atom stereocenters. The Bertz CT molecular complexity index is 870. The van der Waals surface area contributed by atoms with E-state index in [1.54, 1.807) is 42.5 Å². The third-order valence-electron chi connectivity index (χ3n) is 4.53. The number of para-hydroxylation sites is 1. The number of benzene rings is 2. The molecular weight excluding hydrogens is 394 g/mol. The average Bonchev–Trinajstić information content (AvgIpc) is 2.69. The summed E-state index contributed by atoms with van der Waals surface area (Å²) in [4.78, 5) is 38.0. The van der Waals surface area contributed by atoms with Crippen LogP contribution in [-0.2, 0) is 22.6 Å². The van der Waals surface area contributed by atoms with Crippen LogP contribution in [0.1, 0.15) is 31.4 Å². The first-order valence-electron chi connectivity index (χ1n) is 9.41. The molecule has 0 aliphatic carbocycles. The largest absolute Gasteiger partial charge is 0.355 e. The number of carbonyl (C=O) groups is 2. The summed E-state index contributed by atoms with van der Waals surface area (Å²) in [5.41, 5.74) is 1.01. The van der Waals surface area contributed by atoms with Crippen LogP contribution in [0.5, 0.6) is 0 Å². The number of rotatable bonds is 9. The lowest BCUT2D eigenvalue weighted by molar-refractivity contribution is -0.385. The molecule has 0 radical (unpaired) electrons. The molecule has 2 aromatic carbocycles. The predicted molar refractivity (Wildman–Crippen MR) is 112 cm³/mol. The molecule has 8 heteroatoms. The first-order chi connectivity index (χ1) is 13.9. The molecule has 0 aliphatic heterocycles. The summed E-state index contributed by atoms with van der Waals surface area (Å²) in [7, 11) is 0. The summed E-state index contributed by atoms with van der Waals surface area (Å²) in [6.45, 7) is 4.28. The minimum atomic E-state index is -0.680. The van der Waals surface area contributed by atoms with E-state index in [4.69, 9.17) is 11.6 Å². The molecule has 2 aromatic rings. The summed E-state index contributed by atoms with van der Waals surface area (Å²) in [5.74, 6) is -0.604. The predicted octanol–water partition coefficient (Wildman–Crippen LogP) is 3.73. The number of nitrogens with one attached hydrogen (secondary N) is 1. The number of amides is 2. The van der Waals surface area contributed by atoms with E-state index in [2.05, 4.69) is 5.32 Å². The van der Waals surface area contributed by atoms with Gasteiger partial charge < -0.3 is 10.2 Å². The van der Waals surface area contributed by atoms with Gasteiger partial charge in [-0.3, -0.25) is 19.7 Å². The number of nitro groups is 1. The highest BCUT2D eigenvalue weighted by Crippen LogP contribution is 2.21. The van der Waals surface area contributed by atoms with Gasteiger partial charge in [0.1, 0.15) is 6.04 Å². The fourth-order valence-corrected chi connectivity index (χ4v) is 3.23. The minimum absolute atomic E-state index is 0.113. The Morgan fingerprint density at radius 1 is 1.14 bits per heavy atom. The third-order valence-corrected chi connectivity index (χ3v) is 4.79. The molecule has 0 spiro atoms. The SMILES string of the molecule is CCNC(=O)[C@H](CC)N(Cc1ccc(Cl)cc1)C(=O)Cc1ccccc1[N+](=O)[O-]. The van der Waals surface area contributed by atoms with Crippen LogP contribution < -0.4 is 5.32 Å². The van der Waals surface area contributed by atoms with Gasteiger partial charge in [0.05, 0.1) is 11.3 Å². The second kappa shape index (κ2) is 10.6. The van der Waals surface area contributed by atoms with Crippen LogP contribution in [0.2, 0.25) is 5.02 Å². The maximum Gasteiger partial charge on any atom is 0.273 e. The quantitative estimate of drug-likeness (QED) is 0.497. The molecule has 0 saturated heterocycles. The lowest BCUT2D eigenvalue weighted by atomic mass is 10.1. The van der Waals surface area contributed by atoms with Crippen LogP contribution in [-0.4, -0.2) is 34.2 Å². The Hall–Kier alpha value is -2.93. The van der Waals surface area contributed by atoms with Crippen molar-refractivity contribution in [3.63, 3.8) is 0 Å². The Morgan fingerprint density at radius 2 is 1.79 bits per heavy atom. The molecule has 0 heterocycles. The summed E-state index contributed by atoms with van der Waals surface area (Å²) < 4.78 is 0. The first-order valence-corrected chi connectivity index (χ1v) is 9.79. The van der Waals surface area contributed by atoms with Gasteiger partial charge in [0.2, 0.25) is 11.8 Å². The molecule has 0 fully saturated rings. The van der Waals surface area contributed by atoms with E-state index in [0.717, 1.165) is 5.56 Å². The van der Waals surface area contributed by atoms with Crippen LogP contribution in [0.4, 0.5) is 5.69 Å². The van der Waals surface area contributed by atoms with E-state index in [9.17, 15) is 19.7 Å². The monoisotopic (exact) mass is 417 g/mol. The van der Waals surface area contributed by atoms with Gasteiger partial charge in [-0.15, -0.1) is 0 Å². The van der Waals surface area contributed by atoms with Crippen LogP contribution in [0.25, 0.3) is 0 Å². The van der Waals surface area contributed by atoms with E-state index in [1.165, 1.54) is 11.0 Å². The summed E-state index contributed by atoms with van der Waals surface area (Å²) in [6, 6.07) is 12.5. The molecule has 0 bridgehead atoms. The van der Waals surface area contributed by atoms with Crippen molar-refractivity contribution in [2.75, 3.05) is 6.54 Å². The highest BCUT2D eigenvalue weighted by Gasteiger charge is 2.29. The molecule has 154 valence electrons. The second-order valence-corrected chi connectivity index (χ2v) is 6.97. The van der Waals surface area contributed by atoms with E-state index in [-0.39, 0.29) is 30.5 Å². The Kier molecular flexibility index (Phi) is 8.15. The number of nitrogens with zero attached hydrogens (tertiary/aromatic N) is 2. The normalized spacial score (nSPS) is 11.6. The fraction of sp³-hybridized carbons (Fsp3) is 0.333. The zero-order valence-corrected chi connectivity index (χ0v) is 17.2. The van der Waals surface area contributed by atoms with Gasteiger partial charge >= 0.3 is 0 Å². The zero-order valence-electron chi connectivity index (χ0n) is 16.4. The molecule has 0 saturated carbocycles. The van der Waals surface area contributed by atoms with Gasteiger partial charge in [0.25, 0.3) is 5.69 Å². The number of nitro benzene ring substituents is 1. The highest BCUT2D eigenvalue weighted by molar-refractivity contribution is 6.30. The van der Waals surface area contributed by atoms with Crippen LogP contribution >= 0.6 is 11.6 Å². The summed E-state index contributed by atoms with van der Waals surface area (Å²) >= 11 is 5.94. The standard InChI is InChI=1S/C21H24ClN3O4/c1-3-18(21(27)23-4-2)24(14-15-9-11-17(22)12-10-15)20(26)13-16-7-5-6-8-19(16)25(28)29/h5-12,18H,3-4,13-14H2,1-2H3,(H,23,27)/t18-/m0/s1. The van der Waals surface area contributed by atoms with E-state index < -0.39 is 11.0 Å². The van der Waals surface area contributed by atoms with Gasteiger partial charge in [-0.1, -0.05) is 48.9 Å². The molecule has 2 amide bonds. The number of halogens is 1. The van der Waals surface area contributed by atoms with Crippen molar-refractivity contribution >= 4 is 29.1 Å². The molecule has 0 unspecified atom stereocenters. The van der Waals surface area contributed by atoms with Crippen molar-refractivity contribution in [2.24, 2.45) is 0 Å². The molecule has 1 N–H and O–H groups in total. The Balaban J connectivity index is 2.34. The summed E-state index contributed by atoms with van der Waals surface area (Å²) in [5, 5.41) is 14.6. The van der Waals surface area contributed by atoms with Crippen molar-refractivity contribution in [2.45, 2.75) is 39.3 Å². The van der Waals surface area contributed by atoms with Crippen molar-refractivity contribution in [1.29, 1.82) is 0 Å². The van der Waals surface area contributed by atoms with E-state index in [0.29, 0.717) is 23.6 Å². The summed E-state index contributed by atoms with van der Waals surface area (Å²) in [6.07, 6.45) is 0.253. The highest BCUT2D eigenvalue weighted by atomic mass is 35.5. The number of hydrogen-bond acceptors (Lipinski definition) is 4. The van der Waals surface area contributed by atoms with Crippen molar-refractivity contribution in [1.82, 2.24) is 10.2 Å². The smallest absolute Gasteiger partial charge is 0.273 e. The van der Waals surface area contributed by atoms with E-state index in [1.807, 2.05) is 13.8 Å². The molecule has 2 rings (SSSR count). The van der Waals surface area contributed by atoms with Gasteiger partial charge in [-0.25, -0.2) is 0 Å². The van der Waals surface area contributed by atoms with Crippen LogP contribution in [0.3, 0.4) is 0 Å². The molecule has 0 aliphatic rings. The van der Waals surface area contributed by atoms with Gasteiger partial charge in [-0.2, -0.15) is 0 Å².